The Balaban J connectivity index is 1.55. The lowest BCUT2D eigenvalue weighted by atomic mass is 9.94. The number of pyridine rings is 1. The van der Waals surface area contributed by atoms with Crippen LogP contribution in [0.5, 0.6) is 0 Å². The topological polar surface area (TPSA) is 86.9 Å². The lowest BCUT2D eigenvalue weighted by molar-refractivity contribution is 0.0939. The minimum Gasteiger partial charge on any atom is -0.359 e. The Labute approximate surface area is 177 Å². The number of anilines is 1. The Morgan fingerprint density at radius 2 is 1.97 bits per heavy atom. The standard InChI is InChI=1S/C23H22F2N4O2/c1-13(14-6-3-2-4-7-14)28-22(30)15-10-20(18(25)11-17(15)24)29-23(31)16-12-27-19-8-5-9-26-21(16)19/h5-6,8-13,27H,2-4,7H2,1H3,(H,28,30)(H,29,31). The van der Waals surface area contributed by atoms with E-state index in [1.54, 1.807) is 12.1 Å². The minimum atomic E-state index is -0.994. The molecule has 160 valence electrons. The molecule has 2 amide bonds. The number of fused-ring (bicyclic) bond motifs is 1. The molecule has 3 aromatic rings. The fraction of sp³-hybridized carbons (Fsp3) is 0.261. The number of rotatable bonds is 5. The van der Waals surface area contributed by atoms with E-state index in [0.717, 1.165) is 37.3 Å². The average Bonchev–Trinajstić information content (AvgIpc) is 3.20. The summed E-state index contributed by atoms with van der Waals surface area (Å²) < 4.78 is 28.7. The molecule has 1 aromatic carbocycles. The molecular weight excluding hydrogens is 402 g/mol. The van der Waals surface area contributed by atoms with Crippen molar-refractivity contribution in [2.75, 3.05) is 5.32 Å². The molecular formula is C23H22F2N4O2. The Morgan fingerprint density at radius 3 is 2.74 bits per heavy atom. The molecule has 0 aliphatic heterocycles. The van der Waals surface area contributed by atoms with Gasteiger partial charge in [0.1, 0.15) is 17.2 Å². The Hall–Kier alpha value is -3.55. The molecule has 8 heteroatoms. The van der Waals surface area contributed by atoms with Crippen LogP contribution in [0.2, 0.25) is 0 Å². The highest BCUT2D eigenvalue weighted by Gasteiger charge is 2.21. The van der Waals surface area contributed by atoms with E-state index >= 15 is 0 Å². The van der Waals surface area contributed by atoms with Gasteiger partial charge in [-0.15, -0.1) is 0 Å². The zero-order valence-corrected chi connectivity index (χ0v) is 17.0. The summed E-state index contributed by atoms with van der Waals surface area (Å²) in [6, 6.07) is 4.83. The summed E-state index contributed by atoms with van der Waals surface area (Å²) >= 11 is 0. The van der Waals surface area contributed by atoms with E-state index in [2.05, 4.69) is 26.7 Å². The van der Waals surface area contributed by atoms with Crippen molar-refractivity contribution in [2.24, 2.45) is 0 Å². The summed E-state index contributed by atoms with van der Waals surface area (Å²) in [7, 11) is 0. The van der Waals surface area contributed by atoms with Crippen molar-refractivity contribution < 1.29 is 18.4 Å². The zero-order chi connectivity index (χ0) is 22.0. The molecule has 2 aromatic heterocycles. The van der Waals surface area contributed by atoms with Gasteiger partial charge in [0.2, 0.25) is 0 Å². The maximum atomic E-state index is 14.3. The predicted molar refractivity (Wildman–Crippen MR) is 114 cm³/mol. The molecule has 0 bridgehead atoms. The molecule has 0 spiro atoms. The van der Waals surface area contributed by atoms with Crippen molar-refractivity contribution in [3.8, 4) is 0 Å². The molecule has 0 saturated carbocycles. The van der Waals surface area contributed by atoms with Crippen molar-refractivity contribution in [3.05, 3.63) is 71.1 Å². The summed E-state index contributed by atoms with van der Waals surface area (Å²) in [4.78, 5) is 32.4. The number of hydrogen-bond acceptors (Lipinski definition) is 3. The molecule has 6 nitrogen and oxygen atoms in total. The third-order valence-electron chi connectivity index (χ3n) is 5.46. The Bertz CT molecular complexity index is 1190. The SMILES string of the molecule is CC(NC(=O)c1cc(NC(=O)c2c[nH]c3cccnc23)c(F)cc1F)C1=CCCCC1. The predicted octanol–water partition coefficient (Wildman–Crippen LogP) is 4.71. The summed E-state index contributed by atoms with van der Waals surface area (Å²) in [5.74, 6) is -3.26. The maximum Gasteiger partial charge on any atom is 0.259 e. The van der Waals surface area contributed by atoms with Gasteiger partial charge in [0.15, 0.2) is 0 Å². The number of carbonyl (C=O) groups is 2. The molecule has 0 fully saturated rings. The smallest absolute Gasteiger partial charge is 0.259 e. The van der Waals surface area contributed by atoms with E-state index in [1.165, 1.54) is 12.4 Å². The second-order valence-electron chi connectivity index (χ2n) is 7.59. The number of aromatic nitrogens is 2. The molecule has 2 heterocycles. The first-order valence-electron chi connectivity index (χ1n) is 10.2. The van der Waals surface area contributed by atoms with Crippen molar-refractivity contribution >= 4 is 28.5 Å². The molecule has 1 unspecified atom stereocenters. The normalized spacial score (nSPS) is 14.7. The number of H-pyrrole nitrogens is 1. The molecule has 0 saturated heterocycles. The molecule has 4 rings (SSSR count). The van der Waals surface area contributed by atoms with E-state index in [9.17, 15) is 18.4 Å². The van der Waals surface area contributed by atoms with Crippen LogP contribution in [0, 0.1) is 11.6 Å². The van der Waals surface area contributed by atoms with Crippen LogP contribution in [0.4, 0.5) is 14.5 Å². The Morgan fingerprint density at radius 1 is 1.13 bits per heavy atom. The fourth-order valence-corrected chi connectivity index (χ4v) is 3.76. The molecule has 1 aliphatic carbocycles. The van der Waals surface area contributed by atoms with Gasteiger partial charge >= 0.3 is 0 Å². The Kier molecular flexibility index (Phi) is 5.79. The van der Waals surface area contributed by atoms with Crippen molar-refractivity contribution in [1.82, 2.24) is 15.3 Å². The number of nitrogens with one attached hydrogen (secondary N) is 3. The van der Waals surface area contributed by atoms with Crippen LogP contribution in [0.15, 0.2) is 48.3 Å². The van der Waals surface area contributed by atoms with E-state index < -0.39 is 23.4 Å². The number of aromatic amines is 1. The number of amides is 2. The summed E-state index contributed by atoms with van der Waals surface area (Å²) in [5, 5.41) is 5.17. The summed E-state index contributed by atoms with van der Waals surface area (Å²) in [6.07, 6.45) is 9.10. The van der Waals surface area contributed by atoms with Gasteiger partial charge in [-0.25, -0.2) is 8.78 Å². The van der Waals surface area contributed by atoms with Gasteiger partial charge in [-0.2, -0.15) is 0 Å². The quantitative estimate of drug-likeness (QED) is 0.519. The highest BCUT2D eigenvalue weighted by Crippen LogP contribution is 2.24. The van der Waals surface area contributed by atoms with E-state index in [0.29, 0.717) is 17.1 Å². The van der Waals surface area contributed by atoms with Gasteiger partial charge in [-0.3, -0.25) is 14.6 Å². The largest absolute Gasteiger partial charge is 0.359 e. The number of nitrogens with zero attached hydrogens (tertiary/aromatic N) is 1. The van der Waals surface area contributed by atoms with E-state index in [4.69, 9.17) is 0 Å². The summed E-state index contributed by atoms with van der Waals surface area (Å²) in [6.45, 7) is 1.84. The van der Waals surface area contributed by atoms with Crippen molar-refractivity contribution in [2.45, 2.75) is 38.6 Å². The molecule has 3 N–H and O–H groups in total. The third kappa shape index (κ3) is 4.33. The maximum absolute atomic E-state index is 14.3. The third-order valence-corrected chi connectivity index (χ3v) is 5.46. The van der Waals surface area contributed by atoms with Gasteiger partial charge in [-0.1, -0.05) is 11.6 Å². The first-order chi connectivity index (χ1) is 14.9. The van der Waals surface area contributed by atoms with E-state index in [-0.39, 0.29) is 22.9 Å². The second kappa shape index (κ2) is 8.67. The fourth-order valence-electron chi connectivity index (χ4n) is 3.76. The molecule has 31 heavy (non-hydrogen) atoms. The highest BCUT2D eigenvalue weighted by molar-refractivity contribution is 6.12. The van der Waals surface area contributed by atoms with Crippen molar-refractivity contribution in [3.63, 3.8) is 0 Å². The van der Waals surface area contributed by atoms with Gasteiger partial charge in [0.05, 0.1) is 22.3 Å². The van der Waals surface area contributed by atoms with Crippen LogP contribution in [0.1, 0.15) is 53.3 Å². The molecule has 0 radical (unpaired) electrons. The van der Waals surface area contributed by atoms with Crippen LogP contribution in [0.25, 0.3) is 11.0 Å². The molecule has 1 atom stereocenters. The van der Waals surface area contributed by atoms with Crippen LogP contribution in [-0.4, -0.2) is 27.8 Å². The lowest BCUT2D eigenvalue weighted by Crippen LogP contribution is -2.35. The van der Waals surface area contributed by atoms with Crippen LogP contribution in [0.3, 0.4) is 0 Å². The van der Waals surface area contributed by atoms with Crippen LogP contribution < -0.4 is 10.6 Å². The first kappa shape index (κ1) is 20.7. The van der Waals surface area contributed by atoms with Gasteiger partial charge in [-0.05, 0) is 50.8 Å². The molecule has 1 aliphatic rings. The average molecular weight is 424 g/mol. The lowest BCUT2D eigenvalue weighted by Gasteiger charge is -2.21. The minimum absolute atomic E-state index is 0.211. The number of halogens is 2. The van der Waals surface area contributed by atoms with Crippen LogP contribution in [-0.2, 0) is 0 Å². The number of allylic oxidation sites excluding steroid dienone is 1. The van der Waals surface area contributed by atoms with Crippen LogP contribution >= 0.6 is 0 Å². The zero-order valence-electron chi connectivity index (χ0n) is 17.0. The monoisotopic (exact) mass is 424 g/mol. The number of carbonyl (C=O) groups excluding carboxylic acids is 2. The van der Waals surface area contributed by atoms with Crippen molar-refractivity contribution in [1.29, 1.82) is 0 Å². The summed E-state index contributed by atoms with van der Waals surface area (Å²) in [5.41, 5.74) is 1.77. The second-order valence-corrected chi connectivity index (χ2v) is 7.59. The van der Waals surface area contributed by atoms with Gasteiger partial charge in [0.25, 0.3) is 11.8 Å². The number of hydrogen-bond donors (Lipinski definition) is 3. The number of benzene rings is 1. The highest BCUT2D eigenvalue weighted by atomic mass is 19.1. The van der Waals surface area contributed by atoms with E-state index in [1.807, 2.05) is 6.92 Å². The van der Waals surface area contributed by atoms with Gasteiger partial charge < -0.3 is 15.6 Å². The first-order valence-corrected chi connectivity index (χ1v) is 10.2. The van der Waals surface area contributed by atoms with Gasteiger partial charge in [0, 0.05) is 24.5 Å².